The van der Waals surface area contributed by atoms with Crippen LogP contribution in [0.2, 0.25) is 0 Å². The van der Waals surface area contributed by atoms with E-state index in [2.05, 4.69) is 42.4 Å². The molecule has 130 valence electrons. The Bertz CT molecular complexity index is 980. The van der Waals surface area contributed by atoms with Crippen LogP contribution in [0, 0.1) is 0 Å². The topological polar surface area (TPSA) is 92.3 Å². The molecule has 4 heterocycles. The molecule has 0 saturated heterocycles. The van der Waals surface area contributed by atoms with Gasteiger partial charge in [-0.1, -0.05) is 19.1 Å². The van der Waals surface area contributed by atoms with Gasteiger partial charge in [-0.25, -0.2) is 15.0 Å². The summed E-state index contributed by atoms with van der Waals surface area (Å²) >= 11 is 1.62. The molecule has 4 aromatic heterocycles. The molecule has 0 atom stereocenters. The number of aromatic nitrogens is 6. The fourth-order valence-electron chi connectivity index (χ4n) is 2.44. The third-order valence-electron chi connectivity index (χ3n) is 3.75. The molecule has 0 aromatic carbocycles. The van der Waals surface area contributed by atoms with E-state index in [0.717, 1.165) is 34.3 Å². The lowest BCUT2D eigenvalue weighted by Gasteiger charge is -2.08. The molecule has 4 rings (SSSR count). The van der Waals surface area contributed by atoms with Crippen molar-refractivity contribution in [2.45, 2.75) is 19.9 Å². The van der Waals surface area contributed by atoms with Crippen LogP contribution in [0.25, 0.3) is 22.2 Å². The zero-order valence-corrected chi connectivity index (χ0v) is 15.0. The molecule has 8 heteroatoms. The molecule has 0 aliphatic carbocycles. The molecule has 4 aromatic rings. The quantitative estimate of drug-likeness (QED) is 0.544. The normalized spacial score (nSPS) is 10.8. The lowest BCUT2D eigenvalue weighted by Crippen LogP contribution is -2.06. The van der Waals surface area contributed by atoms with Crippen molar-refractivity contribution in [1.29, 1.82) is 0 Å². The monoisotopic (exact) mass is 363 g/mol. The van der Waals surface area contributed by atoms with E-state index >= 15 is 0 Å². The molecule has 0 saturated carbocycles. The summed E-state index contributed by atoms with van der Waals surface area (Å²) in [5.74, 6) is 2.82. The summed E-state index contributed by atoms with van der Waals surface area (Å²) in [6, 6.07) is 11.6. The predicted octanol–water partition coefficient (Wildman–Crippen LogP) is 3.56. The molecule has 0 bridgehead atoms. The number of nitrogens with zero attached hydrogens (tertiary/aromatic N) is 5. The minimum absolute atomic E-state index is 0.500. The average molecular weight is 363 g/mol. The fraction of sp³-hybridized carbons (Fsp3) is 0.167. The van der Waals surface area contributed by atoms with Gasteiger partial charge in [0.1, 0.15) is 17.3 Å². The van der Waals surface area contributed by atoms with Crippen molar-refractivity contribution in [3.63, 3.8) is 0 Å². The maximum Gasteiger partial charge on any atom is 0.191 e. The van der Waals surface area contributed by atoms with Crippen molar-refractivity contribution in [2.75, 3.05) is 5.32 Å². The highest BCUT2D eigenvalue weighted by atomic mass is 32.1. The predicted molar refractivity (Wildman–Crippen MR) is 102 cm³/mol. The van der Waals surface area contributed by atoms with Crippen LogP contribution in [0.5, 0.6) is 0 Å². The van der Waals surface area contributed by atoms with Gasteiger partial charge in [0.2, 0.25) is 0 Å². The van der Waals surface area contributed by atoms with Crippen LogP contribution in [0.4, 0.5) is 5.82 Å². The number of anilines is 1. The number of rotatable bonds is 6. The van der Waals surface area contributed by atoms with Crippen LogP contribution < -0.4 is 5.32 Å². The van der Waals surface area contributed by atoms with E-state index in [-0.39, 0.29) is 0 Å². The molecule has 0 amide bonds. The maximum atomic E-state index is 4.58. The molecule has 0 fully saturated rings. The standard InChI is InChI=1S/C18H17N7S/c1-2-12-10-15(22-17(21-12)13-6-3-4-8-19-13)20-11-16-23-18(25-24-16)14-7-5-9-26-14/h3-10H,2,11H2,1H3,(H,20,21,22)(H,23,24,25). The Morgan fingerprint density at radius 2 is 2.04 bits per heavy atom. The summed E-state index contributed by atoms with van der Waals surface area (Å²) in [5, 5.41) is 12.5. The SMILES string of the molecule is CCc1cc(NCc2nc(-c3cccs3)n[nH]2)nc(-c2ccccn2)n1. The third kappa shape index (κ3) is 3.60. The van der Waals surface area contributed by atoms with Crippen LogP contribution in [0.15, 0.2) is 48.0 Å². The van der Waals surface area contributed by atoms with Gasteiger partial charge in [-0.05, 0) is 30.0 Å². The first kappa shape index (κ1) is 16.3. The number of thiophene rings is 1. The van der Waals surface area contributed by atoms with Crippen molar-refractivity contribution < 1.29 is 0 Å². The van der Waals surface area contributed by atoms with E-state index < -0.39 is 0 Å². The van der Waals surface area contributed by atoms with Crippen LogP contribution in [0.3, 0.4) is 0 Å². The molecule has 2 N–H and O–H groups in total. The van der Waals surface area contributed by atoms with E-state index in [1.54, 1.807) is 17.5 Å². The molecule has 0 aliphatic rings. The van der Waals surface area contributed by atoms with E-state index in [4.69, 9.17) is 0 Å². The zero-order valence-electron chi connectivity index (χ0n) is 14.2. The molecule has 0 aliphatic heterocycles. The number of pyridine rings is 1. The van der Waals surface area contributed by atoms with Crippen molar-refractivity contribution in [2.24, 2.45) is 0 Å². The summed E-state index contributed by atoms with van der Waals surface area (Å²) in [4.78, 5) is 19.0. The van der Waals surface area contributed by atoms with E-state index in [1.165, 1.54) is 0 Å². The Balaban J connectivity index is 1.53. The molecular formula is C18H17N7S. The van der Waals surface area contributed by atoms with Crippen molar-refractivity contribution in [1.82, 2.24) is 30.1 Å². The fourth-order valence-corrected chi connectivity index (χ4v) is 3.10. The minimum Gasteiger partial charge on any atom is -0.363 e. The second kappa shape index (κ2) is 7.40. The number of H-pyrrole nitrogens is 1. The highest BCUT2D eigenvalue weighted by Crippen LogP contribution is 2.21. The van der Waals surface area contributed by atoms with Crippen molar-refractivity contribution in [3.05, 3.63) is 59.5 Å². The van der Waals surface area contributed by atoms with Crippen LogP contribution in [-0.4, -0.2) is 30.1 Å². The summed E-state index contributed by atoms with van der Waals surface area (Å²) in [5.41, 5.74) is 1.71. The van der Waals surface area contributed by atoms with Gasteiger partial charge < -0.3 is 5.32 Å². The Morgan fingerprint density at radius 3 is 2.81 bits per heavy atom. The second-order valence-electron chi connectivity index (χ2n) is 5.57. The Morgan fingerprint density at radius 1 is 1.08 bits per heavy atom. The van der Waals surface area contributed by atoms with Crippen LogP contribution in [-0.2, 0) is 13.0 Å². The molecule has 7 nitrogen and oxygen atoms in total. The third-order valence-corrected chi connectivity index (χ3v) is 4.61. The highest BCUT2D eigenvalue weighted by Gasteiger charge is 2.09. The first-order chi connectivity index (χ1) is 12.8. The Hall–Kier alpha value is -3.13. The Labute approximate surface area is 154 Å². The van der Waals surface area contributed by atoms with E-state index in [9.17, 15) is 0 Å². The van der Waals surface area contributed by atoms with Crippen LogP contribution >= 0.6 is 11.3 Å². The van der Waals surface area contributed by atoms with Gasteiger partial charge in [0, 0.05) is 18.0 Å². The number of aromatic amines is 1. The number of hydrogen-bond donors (Lipinski definition) is 2. The molecule has 26 heavy (non-hydrogen) atoms. The Kier molecular flexibility index (Phi) is 4.65. The molecular weight excluding hydrogens is 346 g/mol. The molecule has 0 unspecified atom stereocenters. The highest BCUT2D eigenvalue weighted by molar-refractivity contribution is 7.13. The van der Waals surface area contributed by atoms with Crippen LogP contribution in [0.1, 0.15) is 18.4 Å². The molecule has 0 radical (unpaired) electrons. The van der Waals surface area contributed by atoms with E-state index in [1.807, 2.05) is 41.8 Å². The number of aryl methyl sites for hydroxylation is 1. The van der Waals surface area contributed by atoms with Gasteiger partial charge in [0.15, 0.2) is 11.6 Å². The summed E-state index contributed by atoms with van der Waals surface area (Å²) in [6.45, 7) is 2.57. The summed E-state index contributed by atoms with van der Waals surface area (Å²) < 4.78 is 0. The first-order valence-corrected chi connectivity index (χ1v) is 9.18. The van der Waals surface area contributed by atoms with Gasteiger partial charge in [0.05, 0.1) is 11.4 Å². The summed E-state index contributed by atoms with van der Waals surface area (Å²) in [7, 11) is 0. The van der Waals surface area contributed by atoms with E-state index in [0.29, 0.717) is 18.2 Å². The summed E-state index contributed by atoms with van der Waals surface area (Å²) in [6.07, 6.45) is 2.56. The first-order valence-electron chi connectivity index (χ1n) is 8.30. The zero-order chi connectivity index (χ0) is 17.8. The average Bonchev–Trinajstić information content (AvgIpc) is 3.38. The minimum atomic E-state index is 0.500. The van der Waals surface area contributed by atoms with Gasteiger partial charge >= 0.3 is 0 Å². The van der Waals surface area contributed by atoms with Gasteiger partial charge in [-0.15, -0.1) is 11.3 Å². The number of hydrogen-bond acceptors (Lipinski definition) is 7. The van der Waals surface area contributed by atoms with Gasteiger partial charge in [0.25, 0.3) is 0 Å². The number of nitrogens with one attached hydrogen (secondary N) is 2. The smallest absolute Gasteiger partial charge is 0.191 e. The second-order valence-corrected chi connectivity index (χ2v) is 6.52. The lowest BCUT2D eigenvalue weighted by molar-refractivity contribution is 0.935. The molecule has 0 spiro atoms. The lowest BCUT2D eigenvalue weighted by atomic mass is 10.3. The largest absolute Gasteiger partial charge is 0.363 e. The maximum absolute atomic E-state index is 4.58. The van der Waals surface area contributed by atoms with Crippen molar-refractivity contribution in [3.8, 4) is 22.2 Å². The van der Waals surface area contributed by atoms with Crippen molar-refractivity contribution >= 4 is 17.2 Å². The van der Waals surface area contributed by atoms with Gasteiger partial charge in [-0.2, -0.15) is 5.10 Å². The van der Waals surface area contributed by atoms with Gasteiger partial charge in [-0.3, -0.25) is 10.1 Å².